The monoisotopic (exact) mass is 322 g/mol. The molecule has 0 saturated carbocycles. The molecule has 1 heterocycles. The highest BCUT2D eigenvalue weighted by atomic mass is 16.5. The molecule has 0 atom stereocenters. The van der Waals surface area contributed by atoms with Crippen LogP contribution in [0.15, 0.2) is 53.2 Å². The number of carbonyl (C=O) groups is 1. The molecule has 5 nitrogen and oxygen atoms in total. The van der Waals surface area contributed by atoms with Crippen LogP contribution in [0.25, 0.3) is 11.3 Å². The van der Waals surface area contributed by atoms with Gasteiger partial charge in [-0.2, -0.15) is 0 Å². The predicted molar refractivity (Wildman–Crippen MR) is 92.4 cm³/mol. The largest absolute Gasteiger partial charge is 0.497 e. The number of amides is 1. The van der Waals surface area contributed by atoms with E-state index in [1.807, 2.05) is 56.3 Å². The van der Waals surface area contributed by atoms with Gasteiger partial charge in [-0.25, -0.2) is 0 Å². The number of carbonyl (C=O) groups excluding carboxylic acids is 1. The van der Waals surface area contributed by atoms with Gasteiger partial charge in [0.2, 0.25) is 0 Å². The van der Waals surface area contributed by atoms with E-state index in [-0.39, 0.29) is 5.91 Å². The fourth-order valence-electron chi connectivity index (χ4n) is 2.50. The fraction of sp³-hybridized carbons (Fsp3) is 0.158. The Morgan fingerprint density at radius 1 is 1.12 bits per heavy atom. The molecular weight excluding hydrogens is 304 g/mol. The molecule has 0 radical (unpaired) electrons. The molecule has 0 aliphatic heterocycles. The molecule has 0 saturated heterocycles. The highest BCUT2D eigenvalue weighted by molar-refractivity contribution is 6.08. The zero-order valence-electron chi connectivity index (χ0n) is 13.8. The Hall–Kier alpha value is -3.08. The van der Waals surface area contributed by atoms with Gasteiger partial charge >= 0.3 is 0 Å². The van der Waals surface area contributed by atoms with Gasteiger partial charge in [0.25, 0.3) is 5.91 Å². The number of hydrogen-bond donors (Lipinski definition) is 1. The highest BCUT2D eigenvalue weighted by Gasteiger charge is 2.18. The van der Waals surface area contributed by atoms with Crippen molar-refractivity contribution < 1.29 is 14.1 Å². The predicted octanol–water partition coefficient (Wildman–Crippen LogP) is 4.22. The first kappa shape index (κ1) is 15.8. The average molecular weight is 322 g/mol. The van der Waals surface area contributed by atoms with Gasteiger partial charge in [0, 0.05) is 11.3 Å². The molecule has 1 amide bonds. The minimum absolute atomic E-state index is 0.256. The number of nitrogens with one attached hydrogen (secondary N) is 1. The number of ether oxygens (including phenoxy) is 1. The Bertz CT molecular complexity index is 867. The first-order valence-electron chi connectivity index (χ1n) is 7.56. The molecule has 0 unspecified atom stereocenters. The van der Waals surface area contributed by atoms with Gasteiger partial charge in [-0.15, -0.1) is 0 Å². The number of hydrogen-bond acceptors (Lipinski definition) is 4. The molecule has 122 valence electrons. The van der Waals surface area contributed by atoms with Crippen LogP contribution >= 0.6 is 0 Å². The third-order valence-electron chi connectivity index (χ3n) is 3.80. The summed E-state index contributed by atoms with van der Waals surface area (Å²) in [6.07, 6.45) is 1.43. The van der Waals surface area contributed by atoms with Gasteiger partial charge in [-0.05, 0) is 49.7 Å². The summed E-state index contributed by atoms with van der Waals surface area (Å²) in [5.41, 5.74) is 4.08. The highest BCUT2D eigenvalue weighted by Crippen LogP contribution is 2.27. The van der Waals surface area contributed by atoms with E-state index in [4.69, 9.17) is 9.26 Å². The number of aromatic nitrogens is 1. The van der Waals surface area contributed by atoms with E-state index in [1.165, 1.54) is 6.20 Å². The van der Waals surface area contributed by atoms with Crippen molar-refractivity contribution in [3.8, 4) is 17.1 Å². The molecule has 0 aliphatic rings. The van der Waals surface area contributed by atoms with Crippen molar-refractivity contribution in [2.24, 2.45) is 0 Å². The second kappa shape index (κ2) is 6.58. The van der Waals surface area contributed by atoms with Crippen LogP contribution < -0.4 is 10.1 Å². The third kappa shape index (κ3) is 3.15. The summed E-state index contributed by atoms with van der Waals surface area (Å²) in [5.74, 6) is 0.911. The summed E-state index contributed by atoms with van der Waals surface area (Å²) in [6, 6.07) is 13.1. The van der Waals surface area contributed by atoms with Crippen LogP contribution in [0.3, 0.4) is 0 Å². The van der Waals surface area contributed by atoms with Crippen molar-refractivity contribution in [2.75, 3.05) is 12.4 Å². The zero-order chi connectivity index (χ0) is 17.1. The second-order valence-corrected chi connectivity index (χ2v) is 5.57. The topological polar surface area (TPSA) is 64.4 Å². The number of methoxy groups -OCH3 is 1. The minimum Gasteiger partial charge on any atom is -0.497 e. The number of anilines is 1. The van der Waals surface area contributed by atoms with E-state index in [1.54, 1.807) is 7.11 Å². The standard InChI is InChI=1S/C19H18N2O3/c1-12-4-9-17(13(2)10-12)21-19(22)16-11-20-24-18(16)14-5-7-15(23-3)8-6-14/h4-11H,1-3H3,(H,21,22). The molecule has 0 bridgehead atoms. The fourth-order valence-corrected chi connectivity index (χ4v) is 2.50. The summed E-state index contributed by atoms with van der Waals surface area (Å²) in [6.45, 7) is 3.97. The lowest BCUT2D eigenvalue weighted by molar-refractivity contribution is 0.102. The molecule has 1 aromatic heterocycles. The van der Waals surface area contributed by atoms with Gasteiger partial charge in [-0.3, -0.25) is 4.79 Å². The van der Waals surface area contributed by atoms with Gasteiger partial charge in [0.1, 0.15) is 11.3 Å². The summed E-state index contributed by atoms with van der Waals surface area (Å²) in [4.78, 5) is 12.6. The van der Waals surface area contributed by atoms with Crippen LogP contribution in [0.4, 0.5) is 5.69 Å². The van der Waals surface area contributed by atoms with Crippen LogP contribution in [0.2, 0.25) is 0 Å². The Labute approximate surface area is 140 Å². The number of rotatable bonds is 4. The summed E-state index contributed by atoms with van der Waals surface area (Å²) in [5, 5.41) is 6.68. The maximum absolute atomic E-state index is 12.6. The smallest absolute Gasteiger partial charge is 0.261 e. The lowest BCUT2D eigenvalue weighted by atomic mass is 10.1. The van der Waals surface area contributed by atoms with Crippen molar-refractivity contribution in [1.29, 1.82) is 0 Å². The first-order chi connectivity index (χ1) is 11.6. The van der Waals surface area contributed by atoms with E-state index in [0.717, 1.165) is 28.1 Å². The Morgan fingerprint density at radius 3 is 2.54 bits per heavy atom. The molecule has 5 heteroatoms. The van der Waals surface area contributed by atoms with Crippen LogP contribution in [0.5, 0.6) is 5.75 Å². The van der Waals surface area contributed by atoms with Crippen LogP contribution in [-0.2, 0) is 0 Å². The van der Waals surface area contributed by atoms with E-state index < -0.39 is 0 Å². The maximum atomic E-state index is 12.6. The van der Waals surface area contributed by atoms with Gasteiger partial charge < -0.3 is 14.6 Å². The Morgan fingerprint density at radius 2 is 1.88 bits per heavy atom. The normalized spacial score (nSPS) is 10.5. The quantitative estimate of drug-likeness (QED) is 0.781. The number of benzene rings is 2. The minimum atomic E-state index is -0.256. The summed E-state index contributed by atoms with van der Waals surface area (Å²) >= 11 is 0. The van der Waals surface area contributed by atoms with Gasteiger partial charge in [-0.1, -0.05) is 22.9 Å². The lowest BCUT2D eigenvalue weighted by Gasteiger charge is -2.09. The Balaban J connectivity index is 1.87. The molecule has 0 spiro atoms. The van der Waals surface area contributed by atoms with Crippen LogP contribution in [0.1, 0.15) is 21.5 Å². The van der Waals surface area contributed by atoms with Crippen molar-refractivity contribution in [1.82, 2.24) is 5.16 Å². The molecule has 0 fully saturated rings. The Kier molecular flexibility index (Phi) is 4.33. The number of aryl methyl sites for hydroxylation is 2. The molecule has 0 aliphatic carbocycles. The van der Waals surface area contributed by atoms with E-state index in [2.05, 4.69) is 10.5 Å². The van der Waals surface area contributed by atoms with E-state index >= 15 is 0 Å². The lowest BCUT2D eigenvalue weighted by Crippen LogP contribution is -2.13. The van der Waals surface area contributed by atoms with Gasteiger partial charge in [0.05, 0.1) is 13.3 Å². The third-order valence-corrected chi connectivity index (χ3v) is 3.80. The molecule has 1 N–H and O–H groups in total. The van der Waals surface area contributed by atoms with Crippen LogP contribution in [-0.4, -0.2) is 18.2 Å². The first-order valence-corrected chi connectivity index (χ1v) is 7.56. The number of nitrogens with zero attached hydrogens (tertiary/aromatic N) is 1. The molecule has 3 rings (SSSR count). The van der Waals surface area contributed by atoms with Gasteiger partial charge in [0.15, 0.2) is 5.76 Å². The van der Waals surface area contributed by atoms with Crippen molar-refractivity contribution in [3.05, 3.63) is 65.4 Å². The summed E-state index contributed by atoms with van der Waals surface area (Å²) in [7, 11) is 1.60. The van der Waals surface area contributed by atoms with E-state index in [9.17, 15) is 4.79 Å². The van der Waals surface area contributed by atoms with Crippen LogP contribution in [0, 0.1) is 13.8 Å². The second-order valence-electron chi connectivity index (χ2n) is 5.57. The van der Waals surface area contributed by atoms with Crippen molar-refractivity contribution in [2.45, 2.75) is 13.8 Å². The van der Waals surface area contributed by atoms with E-state index in [0.29, 0.717) is 11.3 Å². The average Bonchev–Trinajstić information content (AvgIpc) is 3.07. The maximum Gasteiger partial charge on any atom is 0.261 e. The molecule has 3 aromatic rings. The summed E-state index contributed by atoms with van der Waals surface area (Å²) < 4.78 is 10.4. The van der Waals surface area contributed by atoms with Crippen molar-refractivity contribution in [3.63, 3.8) is 0 Å². The zero-order valence-corrected chi connectivity index (χ0v) is 13.8. The molecule has 2 aromatic carbocycles. The van der Waals surface area contributed by atoms with Crippen molar-refractivity contribution >= 4 is 11.6 Å². The molecule has 24 heavy (non-hydrogen) atoms. The molecular formula is C19H18N2O3. The SMILES string of the molecule is COc1ccc(-c2oncc2C(=O)Nc2ccc(C)cc2C)cc1.